The highest BCUT2D eigenvalue weighted by Crippen LogP contribution is 2.24. The van der Waals surface area contributed by atoms with Crippen molar-refractivity contribution in [2.24, 2.45) is 0 Å². The Hall–Kier alpha value is -2.73. The molecule has 0 unspecified atom stereocenters. The summed E-state index contributed by atoms with van der Waals surface area (Å²) in [5.74, 6) is 0.971. The Morgan fingerprint density at radius 1 is 0.963 bits per heavy atom. The predicted molar refractivity (Wildman–Crippen MR) is 108 cm³/mol. The number of rotatable bonds is 6. The minimum Gasteiger partial charge on any atom is -0.497 e. The number of ether oxygens (including phenoxy) is 2. The van der Waals surface area contributed by atoms with Crippen LogP contribution in [-0.4, -0.2) is 57.8 Å². The maximum Gasteiger partial charge on any atom is 0.255 e. The lowest BCUT2D eigenvalue weighted by Gasteiger charge is -2.35. The van der Waals surface area contributed by atoms with Crippen molar-refractivity contribution in [3.8, 4) is 11.5 Å². The number of likely N-dealkylation sites (N-methyl/N-ethyl adjacent to an activating group) is 1. The van der Waals surface area contributed by atoms with Crippen molar-refractivity contribution >= 4 is 17.3 Å². The van der Waals surface area contributed by atoms with Gasteiger partial charge in [0, 0.05) is 49.2 Å². The molecule has 2 aromatic rings. The third-order valence-corrected chi connectivity index (χ3v) is 4.92. The van der Waals surface area contributed by atoms with Crippen molar-refractivity contribution in [1.29, 1.82) is 0 Å². The number of carbonyl (C=O) groups is 1. The molecule has 0 aromatic heterocycles. The van der Waals surface area contributed by atoms with E-state index in [1.807, 2.05) is 12.1 Å². The second kappa shape index (κ2) is 8.77. The Labute approximate surface area is 160 Å². The molecule has 0 radical (unpaired) electrons. The van der Waals surface area contributed by atoms with Gasteiger partial charge in [0.25, 0.3) is 5.91 Å². The average Bonchev–Trinajstić information content (AvgIpc) is 2.74. The first-order valence-electron chi connectivity index (χ1n) is 9.24. The molecule has 1 aliphatic rings. The van der Waals surface area contributed by atoms with E-state index < -0.39 is 0 Å². The largest absolute Gasteiger partial charge is 0.497 e. The van der Waals surface area contributed by atoms with Gasteiger partial charge in [-0.15, -0.1) is 0 Å². The molecule has 0 bridgehead atoms. The highest BCUT2D eigenvalue weighted by atomic mass is 16.5. The summed E-state index contributed by atoms with van der Waals surface area (Å²) in [6.07, 6.45) is 0. The van der Waals surface area contributed by atoms with Gasteiger partial charge in [0.05, 0.1) is 14.2 Å². The van der Waals surface area contributed by atoms with Crippen LogP contribution in [0.3, 0.4) is 0 Å². The van der Waals surface area contributed by atoms with Crippen molar-refractivity contribution in [2.45, 2.75) is 6.92 Å². The van der Waals surface area contributed by atoms with E-state index in [2.05, 4.69) is 34.2 Å². The molecule has 3 rings (SSSR count). The summed E-state index contributed by atoms with van der Waals surface area (Å²) < 4.78 is 10.5. The number of methoxy groups -OCH3 is 2. The van der Waals surface area contributed by atoms with Crippen LogP contribution in [0.15, 0.2) is 42.5 Å². The topological polar surface area (TPSA) is 54.0 Å². The Kier molecular flexibility index (Phi) is 6.19. The quantitative estimate of drug-likeness (QED) is 0.848. The van der Waals surface area contributed by atoms with Gasteiger partial charge in [0.15, 0.2) is 0 Å². The first-order valence-corrected chi connectivity index (χ1v) is 9.24. The lowest BCUT2D eigenvalue weighted by atomic mass is 10.1. The maximum absolute atomic E-state index is 12.6. The molecule has 0 saturated carbocycles. The van der Waals surface area contributed by atoms with Crippen LogP contribution in [0.5, 0.6) is 11.5 Å². The van der Waals surface area contributed by atoms with Crippen molar-refractivity contribution in [1.82, 2.24) is 4.90 Å². The van der Waals surface area contributed by atoms with Gasteiger partial charge >= 0.3 is 0 Å². The fourth-order valence-corrected chi connectivity index (χ4v) is 3.22. The van der Waals surface area contributed by atoms with E-state index in [1.165, 1.54) is 5.69 Å². The van der Waals surface area contributed by atoms with Gasteiger partial charge in [0.2, 0.25) is 0 Å². The first-order chi connectivity index (χ1) is 13.1. The molecule has 27 heavy (non-hydrogen) atoms. The number of nitrogens with zero attached hydrogens (tertiary/aromatic N) is 2. The fourth-order valence-electron chi connectivity index (χ4n) is 3.22. The summed E-state index contributed by atoms with van der Waals surface area (Å²) in [5.41, 5.74) is 2.44. The Balaban J connectivity index is 1.65. The summed E-state index contributed by atoms with van der Waals surface area (Å²) >= 11 is 0. The van der Waals surface area contributed by atoms with E-state index in [4.69, 9.17) is 9.47 Å². The van der Waals surface area contributed by atoms with E-state index in [-0.39, 0.29) is 5.91 Å². The number of benzene rings is 2. The molecule has 1 fully saturated rings. The molecule has 0 atom stereocenters. The smallest absolute Gasteiger partial charge is 0.255 e. The number of amides is 1. The zero-order valence-corrected chi connectivity index (χ0v) is 16.2. The molecule has 6 nitrogen and oxygen atoms in total. The normalized spacial score (nSPS) is 14.7. The van der Waals surface area contributed by atoms with Gasteiger partial charge in [-0.05, 0) is 42.9 Å². The van der Waals surface area contributed by atoms with Crippen molar-refractivity contribution < 1.29 is 14.3 Å². The van der Waals surface area contributed by atoms with Crippen molar-refractivity contribution in [2.75, 3.05) is 57.2 Å². The summed E-state index contributed by atoms with van der Waals surface area (Å²) in [7, 11) is 3.13. The van der Waals surface area contributed by atoms with Crippen molar-refractivity contribution in [3.05, 3.63) is 48.0 Å². The van der Waals surface area contributed by atoms with Crippen LogP contribution in [0.2, 0.25) is 0 Å². The number of piperazine rings is 1. The molecule has 2 aromatic carbocycles. The highest BCUT2D eigenvalue weighted by Gasteiger charge is 2.16. The third-order valence-electron chi connectivity index (χ3n) is 4.92. The third kappa shape index (κ3) is 4.71. The molecule has 144 valence electrons. The summed E-state index contributed by atoms with van der Waals surface area (Å²) in [4.78, 5) is 17.4. The molecule has 1 aliphatic heterocycles. The minimum atomic E-state index is -0.198. The Bertz CT molecular complexity index is 746. The first kappa shape index (κ1) is 19.0. The van der Waals surface area contributed by atoms with Gasteiger partial charge in [-0.2, -0.15) is 0 Å². The van der Waals surface area contributed by atoms with E-state index in [1.54, 1.807) is 32.4 Å². The molecule has 0 aliphatic carbocycles. The maximum atomic E-state index is 12.6. The lowest BCUT2D eigenvalue weighted by Crippen LogP contribution is -2.46. The molecule has 0 spiro atoms. The van der Waals surface area contributed by atoms with Gasteiger partial charge in [0.1, 0.15) is 11.5 Å². The molecule has 1 amide bonds. The number of nitrogens with one attached hydrogen (secondary N) is 1. The standard InChI is InChI=1S/C21H27N3O3/c1-4-23-9-11-24(12-10-23)18-7-5-17(6-8-18)22-21(25)16-13-19(26-2)15-20(14-16)27-3/h5-8,13-15H,4,9-12H2,1-3H3,(H,22,25). The zero-order chi connectivity index (χ0) is 19.2. The van der Waals surface area contributed by atoms with Gasteiger partial charge in [-0.3, -0.25) is 4.79 Å². The molecular formula is C21H27N3O3. The fraction of sp³-hybridized carbons (Fsp3) is 0.381. The van der Waals surface area contributed by atoms with Crippen LogP contribution < -0.4 is 19.7 Å². The van der Waals surface area contributed by atoms with E-state index >= 15 is 0 Å². The minimum absolute atomic E-state index is 0.198. The van der Waals surface area contributed by atoms with E-state index in [0.717, 1.165) is 38.4 Å². The van der Waals surface area contributed by atoms with E-state index in [0.29, 0.717) is 17.1 Å². The summed E-state index contributed by atoms with van der Waals surface area (Å²) in [5, 5.41) is 2.93. The summed E-state index contributed by atoms with van der Waals surface area (Å²) in [6.45, 7) is 7.55. The number of carbonyl (C=O) groups excluding carboxylic acids is 1. The van der Waals surface area contributed by atoms with Gasteiger partial charge in [-0.1, -0.05) is 6.92 Å². The highest BCUT2D eigenvalue weighted by molar-refractivity contribution is 6.04. The Morgan fingerprint density at radius 3 is 2.07 bits per heavy atom. The van der Waals surface area contributed by atoms with Crippen LogP contribution in [0.4, 0.5) is 11.4 Å². The van der Waals surface area contributed by atoms with Crippen LogP contribution >= 0.6 is 0 Å². The van der Waals surface area contributed by atoms with Gasteiger partial charge in [-0.25, -0.2) is 0 Å². The number of hydrogen-bond donors (Lipinski definition) is 1. The lowest BCUT2D eigenvalue weighted by molar-refractivity contribution is 0.102. The summed E-state index contributed by atoms with van der Waals surface area (Å²) in [6, 6.07) is 13.1. The molecule has 1 N–H and O–H groups in total. The van der Waals surface area contributed by atoms with Crippen LogP contribution in [0, 0.1) is 0 Å². The molecular weight excluding hydrogens is 342 g/mol. The zero-order valence-electron chi connectivity index (χ0n) is 16.2. The monoisotopic (exact) mass is 369 g/mol. The van der Waals surface area contributed by atoms with E-state index in [9.17, 15) is 4.79 Å². The SMILES string of the molecule is CCN1CCN(c2ccc(NC(=O)c3cc(OC)cc(OC)c3)cc2)CC1. The van der Waals surface area contributed by atoms with Gasteiger partial charge < -0.3 is 24.6 Å². The molecule has 6 heteroatoms. The second-order valence-electron chi connectivity index (χ2n) is 6.52. The predicted octanol–water partition coefficient (Wildman–Crippen LogP) is 3.10. The number of hydrogen-bond acceptors (Lipinski definition) is 5. The number of anilines is 2. The Morgan fingerprint density at radius 2 is 1.56 bits per heavy atom. The molecule has 1 saturated heterocycles. The van der Waals surface area contributed by atoms with Crippen LogP contribution in [0.25, 0.3) is 0 Å². The molecule has 1 heterocycles. The van der Waals surface area contributed by atoms with Crippen LogP contribution in [0.1, 0.15) is 17.3 Å². The van der Waals surface area contributed by atoms with Crippen LogP contribution in [-0.2, 0) is 0 Å². The average molecular weight is 369 g/mol. The second-order valence-corrected chi connectivity index (χ2v) is 6.52. The van der Waals surface area contributed by atoms with Crippen molar-refractivity contribution in [3.63, 3.8) is 0 Å².